The van der Waals surface area contributed by atoms with Crippen LogP contribution in [0.15, 0.2) is 43.0 Å². The maximum Gasteiger partial charge on any atom is 0.185 e. The number of carbonyl (C=O) groups excluding carboxylic acids is 1. The van der Waals surface area contributed by atoms with Crippen LogP contribution in [0.25, 0.3) is 11.2 Å². The van der Waals surface area contributed by atoms with Gasteiger partial charge in [0.1, 0.15) is 23.5 Å². The van der Waals surface area contributed by atoms with E-state index in [1.807, 2.05) is 31.5 Å². The minimum absolute atomic E-state index is 0.102. The highest BCUT2D eigenvalue weighted by Crippen LogP contribution is 2.37. The SMILES string of the molecule is COc1c(C(C)=O)ccc(-n2cnc(Nc3nc(C)nn4cccc34)c2)c1OC. The molecular formula is C20H20N6O3. The number of nitrogens with zero attached hydrogens (tertiary/aromatic N) is 5. The maximum atomic E-state index is 11.9. The summed E-state index contributed by atoms with van der Waals surface area (Å²) in [6.07, 6.45) is 5.32. The Balaban J connectivity index is 1.72. The number of fused-ring (bicyclic) bond motifs is 1. The van der Waals surface area contributed by atoms with Crippen molar-refractivity contribution in [2.75, 3.05) is 19.5 Å². The zero-order valence-corrected chi connectivity index (χ0v) is 16.5. The van der Waals surface area contributed by atoms with Crippen LogP contribution in [0.2, 0.25) is 0 Å². The van der Waals surface area contributed by atoms with Gasteiger partial charge in [-0.15, -0.1) is 0 Å². The predicted molar refractivity (Wildman–Crippen MR) is 108 cm³/mol. The van der Waals surface area contributed by atoms with Gasteiger partial charge in [-0.25, -0.2) is 14.5 Å². The van der Waals surface area contributed by atoms with Crippen LogP contribution in [0.1, 0.15) is 23.1 Å². The number of nitrogens with one attached hydrogen (secondary N) is 1. The highest BCUT2D eigenvalue weighted by molar-refractivity contribution is 5.98. The molecule has 0 amide bonds. The Bertz CT molecular complexity index is 1210. The molecule has 0 aliphatic rings. The summed E-state index contributed by atoms with van der Waals surface area (Å²) in [4.78, 5) is 20.8. The third-order valence-corrected chi connectivity index (χ3v) is 4.48. The summed E-state index contributed by atoms with van der Waals surface area (Å²) in [5, 5.41) is 7.57. The van der Waals surface area contributed by atoms with E-state index in [4.69, 9.17) is 9.47 Å². The first-order valence-electron chi connectivity index (χ1n) is 8.91. The molecule has 29 heavy (non-hydrogen) atoms. The molecule has 3 heterocycles. The lowest BCUT2D eigenvalue weighted by molar-refractivity contribution is 0.101. The van der Waals surface area contributed by atoms with E-state index in [2.05, 4.69) is 20.4 Å². The van der Waals surface area contributed by atoms with Crippen LogP contribution in [0.5, 0.6) is 11.5 Å². The number of rotatable bonds is 6. The van der Waals surface area contributed by atoms with E-state index in [-0.39, 0.29) is 5.78 Å². The monoisotopic (exact) mass is 392 g/mol. The lowest BCUT2D eigenvalue weighted by Crippen LogP contribution is -2.04. The number of Topliss-reactive ketones (excluding diaryl/α,β-unsaturated/α-hetero) is 1. The van der Waals surface area contributed by atoms with Crippen LogP contribution in [-0.2, 0) is 0 Å². The average Bonchev–Trinajstić information content (AvgIpc) is 3.35. The minimum atomic E-state index is -0.102. The molecule has 1 N–H and O–H groups in total. The Morgan fingerprint density at radius 3 is 2.66 bits per heavy atom. The molecule has 0 saturated carbocycles. The number of hydrogen-bond acceptors (Lipinski definition) is 7. The van der Waals surface area contributed by atoms with Crippen LogP contribution in [-0.4, -0.2) is 44.2 Å². The van der Waals surface area contributed by atoms with Crippen LogP contribution < -0.4 is 14.8 Å². The fourth-order valence-electron chi connectivity index (χ4n) is 3.21. The largest absolute Gasteiger partial charge is 0.492 e. The number of hydrogen-bond donors (Lipinski definition) is 1. The number of ketones is 1. The van der Waals surface area contributed by atoms with E-state index in [0.29, 0.717) is 40.2 Å². The Kier molecular flexibility index (Phi) is 4.63. The molecule has 9 heteroatoms. The molecule has 0 bridgehead atoms. The van der Waals surface area contributed by atoms with Gasteiger partial charge in [-0.3, -0.25) is 4.79 Å². The lowest BCUT2D eigenvalue weighted by atomic mass is 10.1. The van der Waals surface area contributed by atoms with Gasteiger partial charge in [0.2, 0.25) is 0 Å². The smallest absolute Gasteiger partial charge is 0.185 e. The highest BCUT2D eigenvalue weighted by Gasteiger charge is 2.19. The van der Waals surface area contributed by atoms with Crippen molar-refractivity contribution in [1.29, 1.82) is 0 Å². The van der Waals surface area contributed by atoms with Gasteiger partial charge in [0, 0.05) is 6.20 Å². The first kappa shape index (κ1) is 18.5. The Labute approximate surface area is 166 Å². The third-order valence-electron chi connectivity index (χ3n) is 4.48. The number of benzene rings is 1. The van der Waals surface area contributed by atoms with E-state index in [9.17, 15) is 4.79 Å². The van der Waals surface area contributed by atoms with Gasteiger partial charge in [0.05, 0.1) is 31.7 Å². The second-order valence-electron chi connectivity index (χ2n) is 6.39. The van der Waals surface area contributed by atoms with E-state index in [1.54, 1.807) is 27.5 Å². The summed E-state index contributed by atoms with van der Waals surface area (Å²) in [6.45, 7) is 3.32. The summed E-state index contributed by atoms with van der Waals surface area (Å²) in [5.74, 6) is 2.64. The molecular weight excluding hydrogens is 372 g/mol. The fraction of sp³-hybridized carbons (Fsp3) is 0.200. The molecule has 3 aromatic heterocycles. The molecule has 0 saturated heterocycles. The van der Waals surface area contributed by atoms with Crippen molar-refractivity contribution in [2.24, 2.45) is 0 Å². The summed E-state index contributed by atoms with van der Waals surface area (Å²) >= 11 is 0. The average molecular weight is 392 g/mol. The molecule has 0 unspecified atom stereocenters. The number of imidazole rings is 1. The van der Waals surface area contributed by atoms with Crippen molar-refractivity contribution >= 4 is 22.9 Å². The maximum absolute atomic E-state index is 11.9. The fourth-order valence-corrected chi connectivity index (χ4v) is 3.21. The van der Waals surface area contributed by atoms with Crippen LogP contribution in [0.4, 0.5) is 11.6 Å². The van der Waals surface area contributed by atoms with E-state index in [1.165, 1.54) is 21.1 Å². The van der Waals surface area contributed by atoms with Gasteiger partial charge < -0.3 is 19.4 Å². The number of carbonyl (C=O) groups is 1. The van der Waals surface area contributed by atoms with E-state index in [0.717, 1.165) is 5.52 Å². The van der Waals surface area contributed by atoms with Gasteiger partial charge in [-0.05, 0) is 38.1 Å². The Morgan fingerprint density at radius 2 is 1.93 bits per heavy atom. The quantitative estimate of drug-likeness (QED) is 0.504. The van der Waals surface area contributed by atoms with Crippen LogP contribution >= 0.6 is 0 Å². The van der Waals surface area contributed by atoms with Crippen LogP contribution in [0.3, 0.4) is 0 Å². The van der Waals surface area contributed by atoms with Gasteiger partial charge in [0.15, 0.2) is 23.1 Å². The van der Waals surface area contributed by atoms with Gasteiger partial charge in [-0.1, -0.05) is 0 Å². The molecule has 0 aliphatic carbocycles. The Morgan fingerprint density at radius 1 is 1.14 bits per heavy atom. The molecule has 0 spiro atoms. The number of aryl methyl sites for hydroxylation is 1. The zero-order chi connectivity index (χ0) is 20.5. The first-order valence-corrected chi connectivity index (χ1v) is 8.91. The topological polar surface area (TPSA) is 95.6 Å². The highest BCUT2D eigenvalue weighted by atomic mass is 16.5. The molecule has 9 nitrogen and oxygen atoms in total. The number of aromatic nitrogens is 5. The molecule has 0 radical (unpaired) electrons. The summed E-state index contributed by atoms with van der Waals surface area (Å²) in [5.41, 5.74) is 2.00. The minimum Gasteiger partial charge on any atom is -0.492 e. The molecule has 1 aromatic carbocycles. The molecule has 0 aliphatic heterocycles. The second-order valence-corrected chi connectivity index (χ2v) is 6.39. The van der Waals surface area contributed by atoms with E-state index >= 15 is 0 Å². The molecule has 4 rings (SSSR count). The Hall–Kier alpha value is -3.88. The van der Waals surface area contributed by atoms with E-state index < -0.39 is 0 Å². The summed E-state index contributed by atoms with van der Waals surface area (Å²) < 4.78 is 14.5. The van der Waals surface area contributed by atoms with Crippen molar-refractivity contribution in [3.05, 3.63) is 54.4 Å². The van der Waals surface area contributed by atoms with Crippen molar-refractivity contribution in [3.63, 3.8) is 0 Å². The third kappa shape index (κ3) is 3.27. The number of anilines is 2. The summed E-state index contributed by atoms with van der Waals surface area (Å²) in [7, 11) is 3.05. The zero-order valence-electron chi connectivity index (χ0n) is 16.5. The van der Waals surface area contributed by atoms with Gasteiger partial charge in [-0.2, -0.15) is 5.10 Å². The van der Waals surface area contributed by atoms with Gasteiger partial charge >= 0.3 is 0 Å². The number of ether oxygens (including phenoxy) is 2. The van der Waals surface area contributed by atoms with Gasteiger partial charge in [0.25, 0.3) is 0 Å². The normalized spacial score (nSPS) is 10.9. The van der Waals surface area contributed by atoms with Crippen molar-refractivity contribution < 1.29 is 14.3 Å². The number of methoxy groups -OCH3 is 2. The predicted octanol–water partition coefficient (Wildman–Crippen LogP) is 3.19. The molecule has 4 aromatic rings. The second kappa shape index (κ2) is 7.27. The van der Waals surface area contributed by atoms with Crippen molar-refractivity contribution in [2.45, 2.75) is 13.8 Å². The lowest BCUT2D eigenvalue weighted by Gasteiger charge is -2.15. The molecule has 148 valence electrons. The first-order chi connectivity index (χ1) is 14.0. The molecule has 0 atom stereocenters. The van der Waals surface area contributed by atoms with Crippen molar-refractivity contribution in [1.82, 2.24) is 24.1 Å². The molecule has 0 fully saturated rings. The standard InChI is InChI=1S/C20H20N6O3/c1-12(27)14-7-8-15(19(29-4)18(14)28-3)25-10-17(21-11-25)23-20-16-6-5-9-26(16)24-13(2)22-20/h5-11H,1-4H3,(H,22,23,24). The van der Waals surface area contributed by atoms with Crippen LogP contribution in [0, 0.1) is 6.92 Å². The summed E-state index contributed by atoms with van der Waals surface area (Å²) in [6, 6.07) is 7.34. The van der Waals surface area contributed by atoms with Crippen molar-refractivity contribution in [3.8, 4) is 17.2 Å².